The Hall–Kier alpha value is -2.43. The van der Waals surface area contributed by atoms with Crippen LogP contribution < -0.4 is 0 Å². The molecule has 4 aliphatic rings. The summed E-state index contributed by atoms with van der Waals surface area (Å²) in [5, 5.41) is 0. The Morgan fingerprint density at radius 1 is 0.963 bits per heavy atom. The molecular weight excluding hydrogens is 344 g/mol. The highest BCUT2D eigenvalue weighted by Crippen LogP contribution is 2.63. The molecule has 5 heteroatoms. The molecule has 27 heavy (non-hydrogen) atoms. The van der Waals surface area contributed by atoms with Crippen molar-refractivity contribution >= 4 is 17.7 Å². The highest BCUT2D eigenvalue weighted by atomic mass is 16.5. The second kappa shape index (κ2) is 6.95. The Balaban J connectivity index is 1.48. The van der Waals surface area contributed by atoms with E-state index in [1.54, 1.807) is 38.1 Å². The van der Waals surface area contributed by atoms with Crippen LogP contribution in [0.4, 0.5) is 0 Å². The molecule has 0 heterocycles. The minimum absolute atomic E-state index is 0.00374. The first kappa shape index (κ1) is 18.0. The molecule has 0 N–H and O–H groups in total. The van der Waals surface area contributed by atoms with Crippen molar-refractivity contribution in [3.63, 3.8) is 0 Å². The molecule has 4 aliphatic carbocycles. The van der Waals surface area contributed by atoms with Crippen molar-refractivity contribution in [3.8, 4) is 0 Å². The van der Waals surface area contributed by atoms with Gasteiger partial charge in [-0.15, -0.1) is 0 Å². The van der Waals surface area contributed by atoms with Gasteiger partial charge in [-0.2, -0.15) is 0 Å². The number of carbonyl (C=O) groups excluding carboxylic acids is 3. The lowest BCUT2D eigenvalue weighted by Gasteiger charge is -2.41. The molecule has 1 aromatic carbocycles. The van der Waals surface area contributed by atoms with Gasteiger partial charge in [0, 0.05) is 5.56 Å². The molecule has 5 rings (SSSR count). The number of esters is 2. The van der Waals surface area contributed by atoms with E-state index in [1.165, 1.54) is 0 Å². The maximum atomic E-state index is 12.9. The molecule has 1 aromatic rings. The number of fused-ring (bicyclic) bond motifs is 1. The van der Waals surface area contributed by atoms with E-state index < -0.39 is 17.8 Å². The lowest BCUT2D eigenvalue weighted by Crippen LogP contribution is -2.48. The molecule has 0 amide bonds. The number of Topliss-reactive ketones (excluding diaryl/α,β-unsaturated/α-hetero) is 1. The zero-order valence-corrected chi connectivity index (χ0v) is 15.5. The molecule has 5 nitrogen and oxygen atoms in total. The second-order valence-corrected chi connectivity index (χ2v) is 8.04. The van der Waals surface area contributed by atoms with E-state index in [1.807, 2.05) is 6.07 Å². The van der Waals surface area contributed by atoms with Crippen molar-refractivity contribution in [2.75, 3.05) is 6.61 Å². The van der Waals surface area contributed by atoms with E-state index in [2.05, 4.69) is 12.2 Å². The SMILES string of the molecule is CC(C)OC(=O)[C@@H]1[C@H]2C=C[C@@H]([C@@H]3C[C@H]23)[C@H]1C(=O)OCC(=O)c1ccccc1. The number of rotatable bonds is 6. The molecule has 0 saturated heterocycles. The monoisotopic (exact) mass is 368 g/mol. The summed E-state index contributed by atoms with van der Waals surface area (Å²) in [6, 6.07) is 8.75. The Morgan fingerprint density at radius 3 is 2.15 bits per heavy atom. The van der Waals surface area contributed by atoms with Gasteiger partial charge >= 0.3 is 11.9 Å². The quantitative estimate of drug-likeness (QED) is 0.438. The first-order valence-corrected chi connectivity index (χ1v) is 9.61. The van der Waals surface area contributed by atoms with Crippen LogP contribution in [-0.2, 0) is 19.1 Å². The number of hydrogen-bond acceptors (Lipinski definition) is 5. The maximum absolute atomic E-state index is 12.9. The van der Waals surface area contributed by atoms with Crippen LogP contribution >= 0.6 is 0 Å². The summed E-state index contributed by atoms with van der Waals surface area (Å²) in [4.78, 5) is 37.8. The van der Waals surface area contributed by atoms with Gasteiger partial charge < -0.3 is 9.47 Å². The normalized spacial score (nSPS) is 32.7. The predicted octanol–water partition coefficient (Wildman–Crippen LogP) is 3.05. The summed E-state index contributed by atoms with van der Waals surface area (Å²) in [5.74, 6) is -1.14. The van der Waals surface area contributed by atoms with E-state index in [0.29, 0.717) is 17.4 Å². The molecule has 142 valence electrons. The minimum Gasteiger partial charge on any atom is -0.463 e. The van der Waals surface area contributed by atoms with Gasteiger partial charge in [0.2, 0.25) is 0 Å². The molecule has 0 aliphatic heterocycles. The molecule has 0 aromatic heterocycles. The Bertz CT molecular complexity index is 781. The second-order valence-electron chi connectivity index (χ2n) is 8.04. The third-order valence-corrected chi connectivity index (χ3v) is 5.99. The Labute approximate surface area is 158 Å². The van der Waals surface area contributed by atoms with Crippen LogP contribution in [0.3, 0.4) is 0 Å². The lowest BCUT2D eigenvalue weighted by atomic mass is 9.62. The molecule has 0 spiro atoms. The third kappa shape index (κ3) is 3.31. The van der Waals surface area contributed by atoms with Crippen LogP contribution in [0.2, 0.25) is 0 Å². The van der Waals surface area contributed by atoms with Crippen molar-refractivity contribution in [1.29, 1.82) is 0 Å². The van der Waals surface area contributed by atoms with Gasteiger partial charge in [0.25, 0.3) is 0 Å². The van der Waals surface area contributed by atoms with E-state index in [0.717, 1.165) is 6.42 Å². The standard InChI is InChI=1S/C22H24O5/c1-12(2)27-22(25)20-15-9-8-14(16-10-17(15)16)19(20)21(24)26-11-18(23)13-6-4-3-5-7-13/h3-9,12,14-17,19-20H,10-11H2,1-2H3/t14-,15-,16-,17+,19+,20+/m0/s1. The summed E-state index contributed by atoms with van der Waals surface area (Å²) < 4.78 is 10.8. The highest BCUT2D eigenvalue weighted by molar-refractivity contribution is 5.98. The first-order chi connectivity index (χ1) is 13.0. The van der Waals surface area contributed by atoms with Gasteiger partial charge in [-0.25, -0.2) is 0 Å². The average Bonchev–Trinajstić information content (AvgIpc) is 3.48. The predicted molar refractivity (Wildman–Crippen MR) is 97.7 cm³/mol. The fourth-order valence-corrected chi connectivity index (χ4v) is 4.77. The van der Waals surface area contributed by atoms with E-state index in [4.69, 9.17) is 9.47 Å². The maximum Gasteiger partial charge on any atom is 0.310 e. The van der Waals surface area contributed by atoms with Gasteiger partial charge in [0.15, 0.2) is 12.4 Å². The van der Waals surface area contributed by atoms with Crippen molar-refractivity contribution in [2.24, 2.45) is 35.5 Å². The number of allylic oxidation sites excluding steroid dienone is 2. The largest absolute Gasteiger partial charge is 0.463 e. The first-order valence-electron chi connectivity index (χ1n) is 9.61. The number of hydrogen-bond donors (Lipinski definition) is 0. The number of carbonyl (C=O) groups is 3. The van der Waals surface area contributed by atoms with Gasteiger partial charge in [-0.05, 0) is 43.9 Å². The zero-order chi connectivity index (χ0) is 19.1. The van der Waals surface area contributed by atoms with Crippen LogP contribution in [0.25, 0.3) is 0 Å². The lowest BCUT2D eigenvalue weighted by molar-refractivity contribution is -0.169. The molecule has 6 atom stereocenters. The number of ketones is 1. The smallest absolute Gasteiger partial charge is 0.310 e. The van der Waals surface area contributed by atoms with Gasteiger partial charge in [-0.1, -0.05) is 42.5 Å². The average molecular weight is 368 g/mol. The molecule has 0 radical (unpaired) electrons. The summed E-state index contributed by atoms with van der Waals surface area (Å²) in [6.45, 7) is 3.31. The summed E-state index contributed by atoms with van der Waals surface area (Å²) >= 11 is 0. The topological polar surface area (TPSA) is 69.7 Å². The van der Waals surface area contributed by atoms with Crippen molar-refractivity contribution in [2.45, 2.75) is 26.4 Å². The Morgan fingerprint density at radius 2 is 1.56 bits per heavy atom. The van der Waals surface area contributed by atoms with Crippen molar-refractivity contribution in [1.82, 2.24) is 0 Å². The van der Waals surface area contributed by atoms with Crippen molar-refractivity contribution in [3.05, 3.63) is 48.0 Å². The van der Waals surface area contributed by atoms with Crippen LogP contribution in [-0.4, -0.2) is 30.4 Å². The molecule has 2 bridgehead atoms. The Kier molecular flexibility index (Phi) is 4.62. The van der Waals surface area contributed by atoms with Crippen LogP contribution in [0.1, 0.15) is 30.6 Å². The summed E-state index contributed by atoms with van der Waals surface area (Å²) in [7, 11) is 0. The molecular formula is C22H24O5. The van der Waals surface area contributed by atoms with E-state index in [9.17, 15) is 14.4 Å². The van der Waals surface area contributed by atoms with Gasteiger partial charge in [0.1, 0.15) is 0 Å². The molecule has 0 unspecified atom stereocenters. The van der Waals surface area contributed by atoms with E-state index >= 15 is 0 Å². The van der Waals surface area contributed by atoms with Crippen LogP contribution in [0.5, 0.6) is 0 Å². The van der Waals surface area contributed by atoms with Crippen LogP contribution in [0.15, 0.2) is 42.5 Å². The van der Waals surface area contributed by atoms with Gasteiger partial charge in [0.05, 0.1) is 17.9 Å². The summed E-state index contributed by atoms with van der Waals surface area (Å²) in [6.07, 6.45) is 4.95. The zero-order valence-electron chi connectivity index (χ0n) is 15.5. The van der Waals surface area contributed by atoms with Crippen LogP contribution in [0, 0.1) is 35.5 Å². The highest BCUT2D eigenvalue weighted by Gasteiger charge is 2.63. The van der Waals surface area contributed by atoms with E-state index in [-0.39, 0.29) is 36.3 Å². The fraction of sp³-hybridized carbons (Fsp3) is 0.500. The fourth-order valence-electron chi connectivity index (χ4n) is 4.77. The summed E-state index contributed by atoms with van der Waals surface area (Å²) in [5.41, 5.74) is 0.508. The van der Waals surface area contributed by atoms with Gasteiger partial charge in [-0.3, -0.25) is 14.4 Å². The molecule has 2 saturated carbocycles. The minimum atomic E-state index is -0.557. The molecule has 2 fully saturated rings. The number of ether oxygens (including phenoxy) is 2. The third-order valence-electron chi connectivity index (χ3n) is 5.99. The number of benzene rings is 1. The van der Waals surface area contributed by atoms with Crippen molar-refractivity contribution < 1.29 is 23.9 Å².